The van der Waals surface area contributed by atoms with Crippen LogP contribution in [0.2, 0.25) is 0 Å². The van der Waals surface area contributed by atoms with Crippen molar-refractivity contribution in [1.29, 1.82) is 0 Å². The van der Waals surface area contributed by atoms with Crippen LogP contribution in [0.1, 0.15) is 23.5 Å². The molecule has 0 spiro atoms. The number of para-hydroxylation sites is 2. The van der Waals surface area contributed by atoms with Gasteiger partial charge in [0.15, 0.2) is 5.11 Å². The molecule has 5 nitrogen and oxygen atoms in total. The summed E-state index contributed by atoms with van der Waals surface area (Å²) >= 11 is 5.90. The molecule has 1 saturated heterocycles. The largest absolute Gasteiger partial charge is 0.495 e. The Bertz CT molecular complexity index is 1510. The first-order chi connectivity index (χ1) is 17.2. The van der Waals surface area contributed by atoms with Crippen molar-refractivity contribution in [2.24, 2.45) is 0 Å². The number of thiocarbonyl (C=S) groups is 1. The molecule has 3 heterocycles. The van der Waals surface area contributed by atoms with Gasteiger partial charge in [0.1, 0.15) is 11.8 Å². The summed E-state index contributed by atoms with van der Waals surface area (Å²) in [7, 11) is 1.69. The van der Waals surface area contributed by atoms with Gasteiger partial charge in [0.25, 0.3) is 0 Å². The van der Waals surface area contributed by atoms with E-state index in [0.29, 0.717) is 5.11 Å². The van der Waals surface area contributed by atoms with E-state index >= 15 is 0 Å². The molecular formula is C29H24N4OS. The smallest absolute Gasteiger partial charge is 0.174 e. The Kier molecular flexibility index (Phi) is 5.43. The lowest BCUT2D eigenvalue weighted by molar-refractivity contribution is 0.414. The summed E-state index contributed by atoms with van der Waals surface area (Å²) in [5.41, 5.74) is 4.06. The topological polar surface area (TPSA) is 42.3 Å². The Morgan fingerprint density at radius 2 is 1.66 bits per heavy atom. The van der Waals surface area contributed by atoms with E-state index in [1.165, 1.54) is 10.8 Å². The van der Waals surface area contributed by atoms with Crippen molar-refractivity contribution in [3.05, 3.63) is 121 Å². The monoisotopic (exact) mass is 476 g/mol. The fourth-order valence-corrected chi connectivity index (χ4v) is 5.28. The van der Waals surface area contributed by atoms with Crippen molar-refractivity contribution in [3.8, 4) is 11.4 Å². The van der Waals surface area contributed by atoms with Gasteiger partial charge < -0.3 is 19.5 Å². The molecule has 0 unspecified atom stereocenters. The van der Waals surface area contributed by atoms with Gasteiger partial charge in [-0.1, -0.05) is 48.5 Å². The van der Waals surface area contributed by atoms with Crippen LogP contribution in [0.15, 0.2) is 109 Å². The summed E-state index contributed by atoms with van der Waals surface area (Å²) in [4.78, 5) is 6.83. The molecule has 0 saturated carbocycles. The number of rotatable bonds is 5. The van der Waals surface area contributed by atoms with Crippen molar-refractivity contribution in [3.63, 3.8) is 0 Å². The van der Waals surface area contributed by atoms with Crippen LogP contribution in [0, 0.1) is 0 Å². The quantitative estimate of drug-likeness (QED) is 0.306. The molecule has 35 heavy (non-hydrogen) atoms. The number of hydrogen-bond acceptors (Lipinski definition) is 3. The van der Waals surface area contributed by atoms with Gasteiger partial charge in [-0.15, -0.1) is 0 Å². The van der Waals surface area contributed by atoms with Crippen LogP contribution in [0.4, 0.5) is 5.69 Å². The van der Waals surface area contributed by atoms with Crippen LogP contribution in [0.25, 0.3) is 16.5 Å². The van der Waals surface area contributed by atoms with Crippen molar-refractivity contribution < 1.29 is 4.74 Å². The minimum absolute atomic E-state index is 0.136. The second-order valence-electron chi connectivity index (χ2n) is 8.50. The van der Waals surface area contributed by atoms with Crippen molar-refractivity contribution in [2.75, 3.05) is 12.0 Å². The van der Waals surface area contributed by atoms with Crippen molar-refractivity contribution >= 4 is 33.8 Å². The Balaban J connectivity index is 1.53. The molecule has 5 aromatic rings. The third-order valence-electron chi connectivity index (χ3n) is 6.54. The Labute approximate surface area is 209 Å². The summed E-state index contributed by atoms with van der Waals surface area (Å²) in [6.45, 7) is 0. The second kappa shape index (κ2) is 8.89. The first-order valence-electron chi connectivity index (χ1n) is 11.5. The number of ether oxygens (including phenoxy) is 1. The molecule has 2 atom stereocenters. The zero-order valence-electron chi connectivity index (χ0n) is 19.2. The number of nitrogens with one attached hydrogen (secondary N) is 1. The maximum absolute atomic E-state index is 5.90. The highest BCUT2D eigenvalue weighted by Crippen LogP contribution is 2.44. The zero-order valence-corrected chi connectivity index (χ0v) is 20.0. The Morgan fingerprint density at radius 1 is 0.857 bits per heavy atom. The highest BCUT2D eigenvalue weighted by Gasteiger charge is 2.43. The summed E-state index contributed by atoms with van der Waals surface area (Å²) < 4.78 is 7.97. The van der Waals surface area contributed by atoms with E-state index in [0.717, 1.165) is 28.5 Å². The molecule has 0 bridgehead atoms. The van der Waals surface area contributed by atoms with Gasteiger partial charge in [-0.05, 0) is 71.5 Å². The fourth-order valence-electron chi connectivity index (χ4n) is 4.94. The number of fused-ring (bicyclic) bond motifs is 1. The summed E-state index contributed by atoms with van der Waals surface area (Å²) in [5.74, 6) is 0.770. The highest BCUT2D eigenvalue weighted by atomic mass is 32.1. The molecular weight excluding hydrogens is 452 g/mol. The summed E-state index contributed by atoms with van der Waals surface area (Å²) in [6.07, 6.45) is 3.93. The van der Waals surface area contributed by atoms with E-state index in [4.69, 9.17) is 17.0 Å². The van der Waals surface area contributed by atoms with E-state index in [9.17, 15) is 0 Å². The van der Waals surface area contributed by atoms with E-state index in [-0.39, 0.29) is 12.1 Å². The molecule has 2 aromatic heterocycles. The molecule has 1 N–H and O–H groups in total. The Morgan fingerprint density at radius 3 is 2.49 bits per heavy atom. The standard InChI is InChI=1S/C29H24N4OS/c1-34-26-14-5-4-12-24(26)33-28(27(31-29(33)35)23-11-6-7-17-30-23)25-13-8-18-32(25)22-16-15-20-9-2-3-10-21(20)19-22/h2-19,27-28H,1H3,(H,31,35)/t27-,28+/m0/s1. The average molecular weight is 477 g/mol. The third kappa shape index (κ3) is 3.72. The highest BCUT2D eigenvalue weighted by molar-refractivity contribution is 7.80. The SMILES string of the molecule is COc1ccccc1N1C(=S)N[C@@H](c2ccccn2)[C@H]1c1cccn1-c1ccc2ccccc2c1. The molecule has 1 fully saturated rings. The predicted octanol–water partition coefficient (Wildman–Crippen LogP) is 6.21. The normalized spacial score (nSPS) is 17.5. The van der Waals surface area contributed by atoms with Gasteiger partial charge in [0.2, 0.25) is 0 Å². The number of methoxy groups -OCH3 is 1. The van der Waals surface area contributed by atoms with Crippen molar-refractivity contribution in [2.45, 2.75) is 12.1 Å². The number of nitrogens with zero attached hydrogens (tertiary/aromatic N) is 3. The third-order valence-corrected chi connectivity index (χ3v) is 6.85. The minimum Gasteiger partial charge on any atom is -0.495 e. The fraction of sp³-hybridized carbons (Fsp3) is 0.103. The van der Waals surface area contributed by atoms with Gasteiger partial charge in [-0.3, -0.25) is 4.98 Å². The van der Waals surface area contributed by atoms with E-state index < -0.39 is 0 Å². The van der Waals surface area contributed by atoms with Gasteiger partial charge in [-0.2, -0.15) is 0 Å². The Hall–Kier alpha value is -4.16. The lowest BCUT2D eigenvalue weighted by Gasteiger charge is -2.30. The first kappa shape index (κ1) is 21.4. The number of pyridine rings is 1. The summed E-state index contributed by atoms with van der Waals surface area (Å²) in [5, 5.41) is 6.60. The molecule has 3 aromatic carbocycles. The lowest BCUT2D eigenvalue weighted by Crippen LogP contribution is -2.30. The van der Waals surface area contributed by atoms with Gasteiger partial charge in [0.05, 0.1) is 24.5 Å². The van der Waals surface area contributed by atoms with Gasteiger partial charge in [-0.25, -0.2) is 0 Å². The molecule has 0 aliphatic carbocycles. The van der Waals surface area contributed by atoms with Crippen LogP contribution in [0.5, 0.6) is 5.75 Å². The van der Waals surface area contributed by atoms with Crippen molar-refractivity contribution in [1.82, 2.24) is 14.9 Å². The molecule has 0 radical (unpaired) electrons. The van der Waals surface area contributed by atoms with Gasteiger partial charge >= 0.3 is 0 Å². The van der Waals surface area contributed by atoms with E-state index in [1.54, 1.807) is 7.11 Å². The zero-order chi connectivity index (χ0) is 23.8. The maximum atomic E-state index is 5.90. The molecule has 1 aliphatic heterocycles. The van der Waals surface area contributed by atoms with Crippen LogP contribution >= 0.6 is 12.2 Å². The van der Waals surface area contributed by atoms with Crippen LogP contribution in [-0.2, 0) is 0 Å². The molecule has 0 amide bonds. The minimum atomic E-state index is -0.143. The van der Waals surface area contributed by atoms with E-state index in [2.05, 4.69) is 80.6 Å². The van der Waals surface area contributed by atoms with Crippen LogP contribution in [-0.4, -0.2) is 21.8 Å². The number of benzene rings is 3. The number of hydrogen-bond donors (Lipinski definition) is 1. The van der Waals surface area contributed by atoms with Gasteiger partial charge in [0, 0.05) is 23.8 Å². The second-order valence-corrected chi connectivity index (χ2v) is 8.89. The molecule has 1 aliphatic rings. The molecule has 6 rings (SSSR count). The first-order valence-corrected chi connectivity index (χ1v) is 12.0. The molecule has 172 valence electrons. The van der Waals surface area contributed by atoms with Crippen LogP contribution < -0.4 is 15.0 Å². The number of aromatic nitrogens is 2. The van der Waals surface area contributed by atoms with E-state index in [1.807, 2.05) is 48.7 Å². The number of anilines is 1. The molecule has 6 heteroatoms. The average Bonchev–Trinajstić information content (AvgIpc) is 3.53. The lowest BCUT2D eigenvalue weighted by atomic mass is 10.0. The maximum Gasteiger partial charge on any atom is 0.174 e. The van der Waals surface area contributed by atoms with Crippen LogP contribution in [0.3, 0.4) is 0 Å². The predicted molar refractivity (Wildman–Crippen MR) is 144 cm³/mol. The summed E-state index contributed by atoms with van der Waals surface area (Å²) in [6, 6.07) is 32.9.